The van der Waals surface area contributed by atoms with Crippen molar-refractivity contribution in [1.82, 2.24) is 4.98 Å². The minimum absolute atomic E-state index is 0.441. The van der Waals surface area contributed by atoms with E-state index < -0.39 is 5.91 Å². The van der Waals surface area contributed by atoms with Crippen LogP contribution in [0.25, 0.3) is 11.1 Å². The quantitative estimate of drug-likeness (QED) is 0.724. The average molecular weight is 333 g/mol. The maximum Gasteiger partial charge on any atom is 0.248 e. The monoisotopic (exact) mass is 333 g/mol. The lowest BCUT2D eigenvalue weighted by molar-refractivity contribution is 0.100. The third-order valence-electron chi connectivity index (χ3n) is 3.87. The number of nitrogens with one attached hydrogen (secondary N) is 1. The summed E-state index contributed by atoms with van der Waals surface area (Å²) < 4.78 is 5.16. The number of nitrogens with two attached hydrogens (primary N) is 1. The molecular formula is C20H19N3O2. The summed E-state index contributed by atoms with van der Waals surface area (Å²) in [7, 11) is 1.65. The number of benzene rings is 2. The number of primary amides is 1. The third kappa shape index (κ3) is 4.14. The first-order valence-corrected chi connectivity index (χ1v) is 7.88. The van der Waals surface area contributed by atoms with Crippen molar-refractivity contribution in [3.05, 3.63) is 78.1 Å². The Kier molecular flexibility index (Phi) is 4.95. The molecular weight excluding hydrogens is 314 g/mol. The molecule has 2 aromatic carbocycles. The first-order chi connectivity index (χ1) is 12.2. The zero-order chi connectivity index (χ0) is 17.6. The number of carbonyl (C=O) groups is 1. The van der Waals surface area contributed by atoms with Gasteiger partial charge >= 0.3 is 0 Å². The molecule has 0 aliphatic rings. The minimum atomic E-state index is -0.441. The molecule has 0 atom stereocenters. The number of ether oxygens (including phenoxy) is 1. The Bertz CT molecular complexity index is 876. The van der Waals surface area contributed by atoms with Gasteiger partial charge < -0.3 is 15.8 Å². The van der Waals surface area contributed by atoms with Crippen LogP contribution in [0.2, 0.25) is 0 Å². The van der Waals surface area contributed by atoms with Crippen LogP contribution in [0.1, 0.15) is 15.9 Å². The van der Waals surface area contributed by atoms with Crippen molar-refractivity contribution in [3.63, 3.8) is 0 Å². The molecule has 0 saturated carbocycles. The molecule has 0 aliphatic heterocycles. The van der Waals surface area contributed by atoms with Crippen LogP contribution in [0.4, 0.5) is 5.69 Å². The molecule has 3 N–H and O–H groups in total. The Balaban J connectivity index is 1.74. The molecule has 0 spiro atoms. The van der Waals surface area contributed by atoms with Crippen LogP contribution in [0, 0.1) is 0 Å². The fourth-order valence-electron chi connectivity index (χ4n) is 2.49. The van der Waals surface area contributed by atoms with Crippen LogP contribution < -0.4 is 15.8 Å². The van der Waals surface area contributed by atoms with E-state index in [0.29, 0.717) is 12.1 Å². The number of anilines is 1. The van der Waals surface area contributed by atoms with Gasteiger partial charge in [-0.1, -0.05) is 24.3 Å². The van der Waals surface area contributed by atoms with Crippen molar-refractivity contribution in [1.29, 1.82) is 0 Å². The van der Waals surface area contributed by atoms with E-state index in [9.17, 15) is 4.79 Å². The Hall–Kier alpha value is -3.34. The Morgan fingerprint density at radius 1 is 1.08 bits per heavy atom. The predicted octanol–water partition coefficient (Wildman–Crippen LogP) is 3.47. The summed E-state index contributed by atoms with van der Waals surface area (Å²) in [5.41, 5.74) is 9.69. The van der Waals surface area contributed by atoms with Crippen molar-refractivity contribution >= 4 is 11.6 Å². The summed E-state index contributed by atoms with van der Waals surface area (Å²) in [5.74, 6) is 0.394. The second kappa shape index (κ2) is 7.49. The van der Waals surface area contributed by atoms with Gasteiger partial charge in [-0.15, -0.1) is 0 Å². The molecule has 1 aromatic heterocycles. The molecule has 0 aliphatic carbocycles. The van der Waals surface area contributed by atoms with Crippen molar-refractivity contribution < 1.29 is 9.53 Å². The van der Waals surface area contributed by atoms with Gasteiger partial charge in [0.2, 0.25) is 5.91 Å². The van der Waals surface area contributed by atoms with E-state index in [-0.39, 0.29) is 0 Å². The number of hydrogen-bond donors (Lipinski definition) is 2. The maximum absolute atomic E-state index is 11.3. The number of aromatic nitrogens is 1. The average Bonchev–Trinajstić information content (AvgIpc) is 2.67. The molecule has 5 nitrogen and oxygen atoms in total. The smallest absolute Gasteiger partial charge is 0.248 e. The number of amides is 1. The molecule has 0 fully saturated rings. The molecule has 0 unspecified atom stereocenters. The Morgan fingerprint density at radius 3 is 2.60 bits per heavy atom. The van der Waals surface area contributed by atoms with Crippen molar-refractivity contribution in [2.45, 2.75) is 6.54 Å². The summed E-state index contributed by atoms with van der Waals surface area (Å²) in [4.78, 5) is 15.6. The first-order valence-electron chi connectivity index (χ1n) is 7.88. The van der Waals surface area contributed by atoms with Gasteiger partial charge in [-0.25, -0.2) is 0 Å². The number of carbonyl (C=O) groups excluding carboxylic acids is 1. The predicted molar refractivity (Wildman–Crippen MR) is 98.5 cm³/mol. The summed E-state index contributed by atoms with van der Waals surface area (Å²) >= 11 is 0. The standard InChI is InChI=1S/C20H19N3O2/c1-25-19-7-5-14(6-8-19)11-23-18-10-17(12-22-13-18)15-3-2-4-16(9-15)20(21)24/h2-10,12-13,23H,11H2,1H3,(H2,21,24). The number of pyridine rings is 1. The summed E-state index contributed by atoms with van der Waals surface area (Å²) in [6, 6.07) is 17.1. The van der Waals surface area contributed by atoms with Crippen LogP contribution in [0.3, 0.4) is 0 Å². The zero-order valence-corrected chi connectivity index (χ0v) is 13.9. The lowest BCUT2D eigenvalue weighted by Crippen LogP contribution is -2.10. The van der Waals surface area contributed by atoms with E-state index >= 15 is 0 Å². The highest BCUT2D eigenvalue weighted by Crippen LogP contribution is 2.23. The number of methoxy groups -OCH3 is 1. The molecule has 1 amide bonds. The zero-order valence-electron chi connectivity index (χ0n) is 13.9. The van der Waals surface area contributed by atoms with Crippen LogP contribution in [0.5, 0.6) is 5.75 Å². The number of rotatable bonds is 6. The molecule has 0 bridgehead atoms. The van der Waals surface area contributed by atoms with E-state index in [1.807, 2.05) is 42.5 Å². The van der Waals surface area contributed by atoms with E-state index in [1.54, 1.807) is 31.6 Å². The minimum Gasteiger partial charge on any atom is -0.497 e. The first kappa shape index (κ1) is 16.5. The SMILES string of the molecule is COc1ccc(CNc2cncc(-c3cccc(C(N)=O)c3)c2)cc1. The maximum atomic E-state index is 11.3. The lowest BCUT2D eigenvalue weighted by Gasteiger charge is -2.09. The van der Waals surface area contributed by atoms with Crippen molar-refractivity contribution in [2.75, 3.05) is 12.4 Å². The highest BCUT2D eigenvalue weighted by molar-refractivity contribution is 5.94. The van der Waals surface area contributed by atoms with Crippen LogP contribution in [-0.4, -0.2) is 18.0 Å². The van der Waals surface area contributed by atoms with Gasteiger partial charge in [0.25, 0.3) is 0 Å². The molecule has 1 heterocycles. The summed E-state index contributed by atoms with van der Waals surface area (Å²) in [6.07, 6.45) is 3.53. The fourth-order valence-corrected chi connectivity index (χ4v) is 2.49. The third-order valence-corrected chi connectivity index (χ3v) is 3.87. The number of nitrogens with zero attached hydrogens (tertiary/aromatic N) is 1. The lowest BCUT2D eigenvalue weighted by atomic mass is 10.0. The molecule has 0 saturated heterocycles. The normalized spacial score (nSPS) is 10.3. The van der Waals surface area contributed by atoms with Gasteiger partial charge in [-0.3, -0.25) is 9.78 Å². The molecule has 126 valence electrons. The van der Waals surface area contributed by atoms with Gasteiger partial charge in [0.15, 0.2) is 0 Å². The van der Waals surface area contributed by atoms with Gasteiger partial charge in [-0.05, 0) is 41.5 Å². The molecule has 5 heteroatoms. The van der Waals surface area contributed by atoms with Gasteiger partial charge in [-0.2, -0.15) is 0 Å². The van der Waals surface area contributed by atoms with Gasteiger partial charge in [0.05, 0.1) is 12.8 Å². The van der Waals surface area contributed by atoms with Crippen LogP contribution in [0.15, 0.2) is 67.0 Å². The van der Waals surface area contributed by atoms with E-state index in [4.69, 9.17) is 10.5 Å². The summed E-state index contributed by atoms with van der Waals surface area (Å²) in [6.45, 7) is 0.677. The Labute approximate surface area is 146 Å². The molecule has 0 radical (unpaired) electrons. The topological polar surface area (TPSA) is 77.2 Å². The second-order valence-corrected chi connectivity index (χ2v) is 5.61. The van der Waals surface area contributed by atoms with E-state index in [1.165, 1.54) is 0 Å². The highest BCUT2D eigenvalue weighted by Gasteiger charge is 2.05. The summed E-state index contributed by atoms with van der Waals surface area (Å²) in [5, 5.41) is 3.35. The van der Waals surface area contributed by atoms with Crippen molar-refractivity contribution in [2.24, 2.45) is 5.73 Å². The number of hydrogen-bond acceptors (Lipinski definition) is 4. The fraction of sp³-hybridized carbons (Fsp3) is 0.100. The second-order valence-electron chi connectivity index (χ2n) is 5.61. The molecule has 3 rings (SSSR count). The van der Waals surface area contributed by atoms with E-state index in [2.05, 4.69) is 10.3 Å². The molecule has 25 heavy (non-hydrogen) atoms. The largest absolute Gasteiger partial charge is 0.497 e. The van der Waals surface area contributed by atoms with Crippen LogP contribution in [-0.2, 0) is 6.54 Å². The van der Waals surface area contributed by atoms with E-state index in [0.717, 1.165) is 28.1 Å². The highest BCUT2D eigenvalue weighted by atomic mass is 16.5. The molecule has 3 aromatic rings. The van der Waals surface area contributed by atoms with Gasteiger partial charge in [0, 0.05) is 30.1 Å². The van der Waals surface area contributed by atoms with Crippen molar-refractivity contribution in [3.8, 4) is 16.9 Å². The van der Waals surface area contributed by atoms with Gasteiger partial charge in [0.1, 0.15) is 5.75 Å². The Morgan fingerprint density at radius 2 is 1.88 bits per heavy atom. The van der Waals surface area contributed by atoms with Crippen LogP contribution >= 0.6 is 0 Å².